The predicted molar refractivity (Wildman–Crippen MR) is 71.6 cm³/mol. The highest BCUT2D eigenvalue weighted by Crippen LogP contribution is 2.36. The van der Waals surface area contributed by atoms with E-state index in [0.29, 0.717) is 5.92 Å². The topological polar surface area (TPSA) is 17.8 Å². The molecule has 1 aliphatic rings. The van der Waals surface area contributed by atoms with Crippen LogP contribution in [-0.4, -0.2) is 9.78 Å². The van der Waals surface area contributed by atoms with Crippen molar-refractivity contribution in [1.29, 1.82) is 0 Å². The standard InChI is InChI=1S/C14H17ClN2/c1-17-13-8-7-11(15)9-12(13)14(16-17)10-5-3-2-4-6-10/h7-10H,2-6H2,1H3. The molecule has 1 saturated carbocycles. The Morgan fingerprint density at radius 1 is 1.24 bits per heavy atom. The summed E-state index contributed by atoms with van der Waals surface area (Å²) >= 11 is 6.10. The molecule has 1 aromatic heterocycles. The number of hydrogen-bond acceptors (Lipinski definition) is 1. The summed E-state index contributed by atoms with van der Waals surface area (Å²) in [7, 11) is 2.02. The van der Waals surface area contributed by atoms with E-state index in [1.165, 1.54) is 48.7 Å². The lowest BCUT2D eigenvalue weighted by atomic mass is 9.86. The van der Waals surface area contributed by atoms with Gasteiger partial charge in [-0.05, 0) is 31.0 Å². The van der Waals surface area contributed by atoms with Crippen LogP contribution >= 0.6 is 11.6 Å². The second kappa shape index (κ2) is 4.34. The lowest BCUT2D eigenvalue weighted by molar-refractivity contribution is 0.435. The van der Waals surface area contributed by atoms with Crippen molar-refractivity contribution in [1.82, 2.24) is 9.78 Å². The van der Waals surface area contributed by atoms with E-state index in [0.717, 1.165) is 5.02 Å². The van der Waals surface area contributed by atoms with Gasteiger partial charge in [0.1, 0.15) is 0 Å². The Hall–Kier alpha value is -1.02. The van der Waals surface area contributed by atoms with Crippen molar-refractivity contribution in [3.63, 3.8) is 0 Å². The molecule has 0 bridgehead atoms. The molecule has 2 nitrogen and oxygen atoms in total. The first-order valence-electron chi connectivity index (χ1n) is 6.38. The van der Waals surface area contributed by atoms with Gasteiger partial charge in [0, 0.05) is 23.4 Å². The Morgan fingerprint density at radius 2 is 2.00 bits per heavy atom. The molecule has 1 aromatic carbocycles. The quantitative estimate of drug-likeness (QED) is 0.737. The van der Waals surface area contributed by atoms with Crippen molar-refractivity contribution in [2.75, 3.05) is 0 Å². The van der Waals surface area contributed by atoms with Gasteiger partial charge in [0.2, 0.25) is 0 Å². The summed E-state index contributed by atoms with van der Waals surface area (Å²) in [6.07, 6.45) is 6.60. The van der Waals surface area contributed by atoms with Crippen molar-refractivity contribution in [3.8, 4) is 0 Å². The number of aryl methyl sites for hydroxylation is 1. The number of hydrogen-bond donors (Lipinski definition) is 0. The van der Waals surface area contributed by atoms with E-state index in [1.54, 1.807) is 0 Å². The summed E-state index contributed by atoms with van der Waals surface area (Å²) in [5, 5.41) is 6.76. The largest absolute Gasteiger partial charge is 0.268 e. The summed E-state index contributed by atoms with van der Waals surface area (Å²) in [4.78, 5) is 0. The fraction of sp³-hybridized carbons (Fsp3) is 0.500. The van der Waals surface area contributed by atoms with Gasteiger partial charge in [0.15, 0.2) is 0 Å². The van der Waals surface area contributed by atoms with Crippen LogP contribution in [0.15, 0.2) is 18.2 Å². The number of halogens is 1. The van der Waals surface area contributed by atoms with Crippen LogP contribution < -0.4 is 0 Å². The Kier molecular flexibility index (Phi) is 2.83. The Balaban J connectivity index is 2.11. The van der Waals surface area contributed by atoms with Crippen molar-refractivity contribution in [3.05, 3.63) is 28.9 Å². The molecule has 3 rings (SSSR count). The highest BCUT2D eigenvalue weighted by atomic mass is 35.5. The molecule has 0 radical (unpaired) electrons. The normalized spacial score (nSPS) is 17.8. The minimum atomic E-state index is 0.630. The third-order valence-corrected chi connectivity index (χ3v) is 4.07. The highest BCUT2D eigenvalue weighted by Gasteiger charge is 2.21. The zero-order valence-electron chi connectivity index (χ0n) is 10.1. The molecule has 0 amide bonds. The number of fused-ring (bicyclic) bond motifs is 1. The van der Waals surface area contributed by atoms with Gasteiger partial charge in [-0.3, -0.25) is 4.68 Å². The molecule has 1 heterocycles. The van der Waals surface area contributed by atoms with Crippen LogP contribution in [0.25, 0.3) is 10.9 Å². The van der Waals surface area contributed by atoms with E-state index in [-0.39, 0.29) is 0 Å². The molecular formula is C14H17ClN2. The zero-order valence-corrected chi connectivity index (χ0v) is 10.9. The van der Waals surface area contributed by atoms with Gasteiger partial charge in [-0.2, -0.15) is 5.10 Å². The van der Waals surface area contributed by atoms with Crippen LogP contribution in [0.1, 0.15) is 43.7 Å². The van der Waals surface area contributed by atoms with Gasteiger partial charge in [0.05, 0.1) is 11.2 Å². The van der Waals surface area contributed by atoms with Gasteiger partial charge in [-0.15, -0.1) is 0 Å². The Morgan fingerprint density at radius 3 is 2.76 bits per heavy atom. The van der Waals surface area contributed by atoms with E-state index < -0.39 is 0 Å². The zero-order chi connectivity index (χ0) is 11.8. The van der Waals surface area contributed by atoms with Crippen molar-refractivity contribution >= 4 is 22.5 Å². The average molecular weight is 249 g/mol. The molecule has 0 N–H and O–H groups in total. The van der Waals surface area contributed by atoms with Gasteiger partial charge in [-0.25, -0.2) is 0 Å². The molecule has 1 aliphatic carbocycles. The second-order valence-corrected chi connectivity index (χ2v) is 5.44. The highest BCUT2D eigenvalue weighted by molar-refractivity contribution is 6.31. The van der Waals surface area contributed by atoms with Crippen LogP contribution in [0.3, 0.4) is 0 Å². The first-order chi connectivity index (χ1) is 8.25. The third-order valence-electron chi connectivity index (χ3n) is 3.83. The van der Waals surface area contributed by atoms with Crippen molar-refractivity contribution < 1.29 is 0 Å². The summed E-state index contributed by atoms with van der Waals surface area (Å²) in [5.41, 5.74) is 2.44. The molecule has 90 valence electrons. The Bertz CT molecular complexity index is 538. The lowest BCUT2D eigenvalue weighted by Gasteiger charge is -2.19. The summed E-state index contributed by atoms with van der Waals surface area (Å²) in [6.45, 7) is 0. The van der Waals surface area contributed by atoms with Crippen LogP contribution in [0, 0.1) is 0 Å². The van der Waals surface area contributed by atoms with Crippen molar-refractivity contribution in [2.24, 2.45) is 7.05 Å². The number of rotatable bonds is 1. The molecule has 0 aliphatic heterocycles. The maximum Gasteiger partial charge on any atom is 0.0734 e. The monoisotopic (exact) mass is 248 g/mol. The van der Waals surface area contributed by atoms with E-state index in [9.17, 15) is 0 Å². The minimum absolute atomic E-state index is 0.630. The third kappa shape index (κ3) is 1.95. The van der Waals surface area contributed by atoms with Gasteiger partial charge < -0.3 is 0 Å². The Labute approximate surface area is 107 Å². The molecule has 0 atom stereocenters. The van der Waals surface area contributed by atoms with Crippen LogP contribution in [0.2, 0.25) is 5.02 Å². The molecule has 0 saturated heterocycles. The first kappa shape index (κ1) is 11.1. The van der Waals surface area contributed by atoms with E-state index in [2.05, 4.69) is 12.1 Å². The fourth-order valence-corrected chi connectivity index (χ4v) is 3.11. The smallest absolute Gasteiger partial charge is 0.0734 e. The van der Waals surface area contributed by atoms with Crippen LogP contribution in [0.4, 0.5) is 0 Å². The summed E-state index contributed by atoms with van der Waals surface area (Å²) in [6, 6.07) is 6.07. The van der Waals surface area contributed by atoms with Crippen LogP contribution in [-0.2, 0) is 7.05 Å². The minimum Gasteiger partial charge on any atom is -0.268 e. The van der Waals surface area contributed by atoms with Crippen LogP contribution in [0.5, 0.6) is 0 Å². The lowest BCUT2D eigenvalue weighted by Crippen LogP contribution is -2.06. The number of nitrogens with zero attached hydrogens (tertiary/aromatic N) is 2. The van der Waals surface area contributed by atoms with E-state index in [4.69, 9.17) is 16.7 Å². The maximum absolute atomic E-state index is 6.10. The van der Waals surface area contributed by atoms with Crippen molar-refractivity contribution in [2.45, 2.75) is 38.0 Å². The maximum atomic E-state index is 6.10. The van der Waals surface area contributed by atoms with E-state index in [1.807, 2.05) is 17.8 Å². The second-order valence-electron chi connectivity index (χ2n) is 5.01. The van der Waals surface area contributed by atoms with Gasteiger partial charge in [-0.1, -0.05) is 30.9 Å². The summed E-state index contributed by atoms with van der Waals surface area (Å²) in [5.74, 6) is 0.630. The number of aromatic nitrogens is 2. The SMILES string of the molecule is Cn1nc(C2CCCCC2)c2cc(Cl)ccc21. The van der Waals surface area contributed by atoms with Gasteiger partial charge in [0.25, 0.3) is 0 Å². The molecule has 0 unspecified atom stereocenters. The molecule has 3 heteroatoms. The molecule has 17 heavy (non-hydrogen) atoms. The predicted octanol–water partition coefficient (Wildman–Crippen LogP) is 4.27. The fourth-order valence-electron chi connectivity index (χ4n) is 2.94. The first-order valence-corrected chi connectivity index (χ1v) is 6.75. The van der Waals surface area contributed by atoms with Gasteiger partial charge >= 0.3 is 0 Å². The summed E-state index contributed by atoms with van der Waals surface area (Å²) < 4.78 is 1.98. The average Bonchev–Trinajstić information content (AvgIpc) is 2.67. The van der Waals surface area contributed by atoms with E-state index >= 15 is 0 Å². The molecule has 2 aromatic rings. The molecular weight excluding hydrogens is 232 g/mol. The number of benzene rings is 1. The molecule has 0 spiro atoms. The molecule has 1 fully saturated rings.